The van der Waals surface area contributed by atoms with E-state index in [9.17, 15) is 19.0 Å². The molecule has 1 unspecified atom stereocenters. The summed E-state index contributed by atoms with van der Waals surface area (Å²) in [5.74, 6) is -1.81. The molecule has 0 spiro atoms. The van der Waals surface area contributed by atoms with Gasteiger partial charge in [-0.2, -0.15) is 0 Å². The van der Waals surface area contributed by atoms with Crippen LogP contribution in [0, 0.1) is 0 Å². The van der Waals surface area contributed by atoms with Crippen molar-refractivity contribution in [2.24, 2.45) is 5.73 Å². The van der Waals surface area contributed by atoms with E-state index in [0.717, 1.165) is 44.9 Å². The summed E-state index contributed by atoms with van der Waals surface area (Å²) in [5, 5.41) is 8.90. The molecule has 0 saturated heterocycles. The van der Waals surface area contributed by atoms with Gasteiger partial charge in [0.25, 0.3) is 0 Å². The van der Waals surface area contributed by atoms with Gasteiger partial charge in [0.05, 0.1) is 19.5 Å². The Balaban J connectivity index is 4.25. The molecule has 0 aromatic carbocycles. The Hall–Kier alpha value is -1.71. The van der Waals surface area contributed by atoms with Gasteiger partial charge in [0.15, 0.2) is 6.10 Å². The molecule has 0 aliphatic rings. The van der Waals surface area contributed by atoms with E-state index in [1.807, 2.05) is 6.08 Å². The van der Waals surface area contributed by atoms with Crippen molar-refractivity contribution in [2.75, 3.05) is 19.8 Å². The maximum Gasteiger partial charge on any atom is 0.472 e. The Morgan fingerprint density at radius 3 is 1.36 bits per heavy atom. The molecule has 0 radical (unpaired) electrons. The molecule has 0 bridgehead atoms. The minimum absolute atomic E-state index is 0.0671. The number of carboxylic acid groups (broad SMARTS) is 1. The number of hydrogen-bond acceptors (Lipinski definition) is 8. The maximum atomic E-state index is 12.6. The molecule has 0 aliphatic heterocycles. The van der Waals surface area contributed by atoms with Crippen molar-refractivity contribution in [1.29, 1.82) is 0 Å². The molecule has 4 N–H and O–H groups in total. The van der Waals surface area contributed by atoms with Crippen molar-refractivity contribution in [2.45, 2.75) is 231 Å². The van der Waals surface area contributed by atoms with Crippen LogP contribution in [0.1, 0.15) is 219 Å². The average molecular weight is 816 g/mol. The molecule has 11 heteroatoms. The molecule has 0 rings (SSSR count). The van der Waals surface area contributed by atoms with Crippen LogP contribution in [-0.4, -0.2) is 53.9 Å². The Morgan fingerprint density at radius 1 is 0.554 bits per heavy atom. The van der Waals surface area contributed by atoms with Crippen molar-refractivity contribution in [3.8, 4) is 0 Å². The summed E-state index contributed by atoms with van der Waals surface area (Å²) in [6.45, 7) is 3.29. The van der Waals surface area contributed by atoms with Crippen LogP contribution in [0.4, 0.5) is 0 Å². The summed E-state index contributed by atoms with van der Waals surface area (Å²) in [4.78, 5) is 33.5. The number of phosphoric ester groups is 1. The summed E-state index contributed by atoms with van der Waals surface area (Å²) in [5.41, 5.74) is 5.35. The quantitative estimate of drug-likeness (QED) is 0.0178. The second kappa shape index (κ2) is 41.4. The van der Waals surface area contributed by atoms with E-state index < -0.39 is 45.1 Å². The van der Waals surface area contributed by atoms with Crippen LogP contribution in [0.3, 0.4) is 0 Å². The van der Waals surface area contributed by atoms with Gasteiger partial charge in [0.2, 0.25) is 0 Å². The number of esters is 1. The molecule has 0 aliphatic carbocycles. The average Bonchev–Trinajstić information content (AvgIpc) is 3.18. The SMILES string of the molecule is CCCCCCCCC/C=C\CCCCCCCC(=O)O[C@H](CO/C=C\CCCCCCCCCCCCCCCCCC)COP(=O)(O)OC[C@H](N)C(=O)O. The number of carbonyl (C=O) groups is 2. The topological polar surface area (TPSA) is 155 Å². The van der Waals surface area contributed by atoms with Gasteiger partial charge in [0.1, 0.15) is 12.6 Å². The van der Waals surface area contributed by atoms with E-state index in [-0.39, 0.29) is 13.0 Å². The molecule has 0 aromatic rings. The van der Waals surface area contributed by atoms with Gasteiger partial charge in [-0.15, -0.1) is 0 Å². The first-order chi connectivity index (χ1) is 27.2. The van der Waals surface area contributed by atoms with Gasteiger partial charge in [-0.3, -0.25) is 18.6 Å². The molecule has 10 nitrogen and oxygen atoms in total. The molecular formula is C45H86NO9P. The van der Waals surface area contributed by atoms with Crippen molar-refractivity contribution in [3.05, 3.63) is 24.5 Å². The zero-order chi connectivity index (χ0) is 41.2. The molecule has 56 heavy (non-hydrogen) atoms. The molecular weight excluding hydrogens is 729 g/mol. The smallest absolute Gasteiger partial charge is 0.472 e. The highest BCUT2D eigenvalue weighted by Gasteiger charge is 2.27. The zero-order valence-electron chi connectivity index (χ0n) is 36.0. The lowest BCUT2D eigenvalue weighted by atomic mass is 10.0. The highest BCUT2D eigenvalue weighted by molar-refractivity contribution is 7.47. The lowest BCUT2D eigenvalue weighted by molar-refractivity contribution is -0.153. The van der Waals surface area contributed by atoms with Crippen LogP contribution >= 0.6 is 7.82 Å². The van der Waals surface area contributed by atoms with E-state index in [1.54, 1.807) is 6.26 Å². The van der Waals surface area contributed by atoms with E-state index in [1.165, 1.54) is 148 Å². The molecule has 0 amide bonds. The Labute approximate surface area is 343 Å². The number of ether oxygens (including phenoxy) is 2. The number of allylic oxidation sites excluding steroid dienone is 3. The zero-order valence-corrected chi connectivity index (χ0v) is 36.9. The lowest BCUT2D eigenvalue weighted by Gasteiger charge is -2.20. The number of rotatable bonds is 44. The van der Waals surface area contributed by atoms with E-state index in [4.69, 9.17) is 29.4 Å². The van der Waals surface area contributed by atoms with Crippen molar-refractivity contribution in [1.82, 2.24) is 0 Å². The number of unbranched alkanes of at least 4 members (excludes halogenated alkanes) is 28. The van der Waals surface area contributed by atoms with Crippen LogP contribution in [0.2, 0.25) is 0 Å². The predicted molar refractivity (Wildman–Crippen MR) is 231 cm³/mol. The van der Waals surface area contributed by atoms with Gasteiger partial charge in [-0.1, -0.05) is 180 Å². The first-order valence-corrected chi connectivity index (χ1v) is 24.4. The third kappa shape index (κ3) is 40.5. The summed E-state index contributed by atoms with van der Waals surface area (Å²) in [6.07, 6.45) is 46.0. The standard InChI is InChI=1S/C45H86NO9P/c1-3-5-7-9-11-13-15-17-19-21-22-24-26-28-30-32-34-36-38-52-39-42(40-53-56(50,51)54-41-43(46)45(48)49)55-44(47)37-35-33-31-29-27-25-23-20-18-16-14-12-10-8-6-4-2/h20,23,36,38,42-43H,3-19,21-22,24-35,37,39-41,46H2,1-2H3,(H,48,49)(H,50,51)/b23-20-,38-36-/t42-,43+/m1/s1. The Bertz CT molecular complexity index is 993. The van der Waals surface area contributed by atoms with Crippen molar-refractivity contribution < 1.29 is 42.7 Å². The molecule has 0 heterocycles. The van der Waals surface area contributed by atoms with Crippen LogP contribution in [0.5, 0.6) is 0 Å². The van der Waals surface area contributed by atoms with E-state index in [0.29, 0.717) is 6.42 Å². The molecule has 0 aromatic heterocycles. The summed E-state index contributed by atoms with van der Waals surface area (Å²) < 4.78 is 33.1. The third-order valence-electron chi connectivity index (χ3n) is 10.0. The second-order valence-electron chi connectivity index (χ2n) is 15.6. The van der Waals surface area contributed by atoms with Gasteiger partial charge < -0.3 is 25.2 Å². The Kier molecular flexibility index (Phi) is 40.2. The fourth-order valence-electron chi connectivity index (χ4n) is 6.45. The fourth-order valence-corrected chi connectivity index (χ4v) is 7.23. The number of carboxylic acids is 1. The monoisotopic (exact) mass is 816 g/mol. The number of aliphatic carboxylic acids is 1. The first kappa shape index (κ1) is 54.3. The number of phosphoric acid groups is 1. The van der Waals surface area contributed by atoms with Crippen LogP contribution in [0.15, 0.2) is 24.5 Å². The van der Waals surface area contributed by atoms with Gasteiger partial charge in [-0.25, -0.2) is 4.57 Å². The summed E-state index contributed by atoms with van der Waals surface area (Å²) in [6, 6.07) is -1.48. The van der Waals surface area contributed by atoms with Gasteiger partial charge in [0, 0.05) is 6.42 Å². The van der Waals surface area contributed by atoms with Crippen molar-refractivity contribution in [3.63, 3.8) is 0 Å². The predicted octanol–water partition coefficient (Wildman–Crippen LogP) is 13.1. The fraction of sp³-hybridized carbons (Fsp3) is 0.867. The molecule has 0 saturated carbocycles. The molecule has 3 atom stereocenters. The molecule has 330 valence electrons. The molecule has 0 fully saturated rings. The highest BCUT2D eigenvalue weighted by atomic mass is 31.2. The normalized spacial score (nSPS) is 14.0. The van der Waals surface area contributed by atoms with E-state index in [2.05, 4.69) is 26.0 Å². The van der Waals surface area contributed by atoms with E-state index >= 15 is 0 Å². The first-order valence-electron chi connectivity index (χ1n) is 22.9. The van der Waals surface area contributed by atoms with Gasteiger partial charge >= 0.3 is 19.8 Å². The maximum absolute atomic E-state index is 12.6. The highest BCUT2D eigenvalue weighted by Crippen LogP contribution is 2.43. The number of carbonyl (C=O) groups excluding carboxylic acids is 1. The minimum atomic E-state index is -4.63. The van der Waals surface area contributed by atoms with Gasteiger partial charge in [-0.05, 0) is 51.0 Å². The van der Waals surface area contributed by atoms with Crippen LogP contribution in [-0.2, 0) is 32.7 Å². The summed E-state index contributed by atoms with van der Waals surface area (Å²) in [7, 11) is -4.63. The largest absolute Gasteiger partial charge is 0.498 e. The van der Waals surface area contributed by atoms with Crippen LogP contribution < -0.4 is 5.73 Å². The number of hydrogen-bond donors (Lipinski definition) is 3. The number of nitrogens with two attached hydrogens (primary N) is 1. The second-order valence-corrected chi connectivity index (χ2v) is 17.1. The summed E-state index contributed by atoms with van der Waals surface area (Å²) >= 11 is 0. The third-order valence-corrected chi connectivity index (χ3v) is 11.0. The Morgan fingerprint density at radius 2 is 0.929 bits per heavy atom. The minimum Gasteiger partial charge on any atom is -0.498 e. The van der Waals surface area contributed by atoms with Crippen LogP contribution in [0.25, 0.3) is 0 Å². The lowest BCUT2D eigenvalue weighted by Crippen LogP contribution is -2.34. The van der Waals surface area contributed by atoms with Crippen molar-refractivity contribution >= 4 is 19.8 Å².